The Kier molecular flexibility index (Phi) is 9.61. The standard InChI is InChI=1S/C26H43N4O6PS2Si/c1-15(2)16-9-10-26(6,18(31)11-16)39-37(38)34-12-17-21(36-40(7,8)25(3,4)5)20(32)24(35-17)30-14-29-19-22(30)27-13-28-23(19)33/h13-14,16-18,20-21,24,31-32,37H,1,9-12H2,2-8H3,(H,27,28,33)/t16-,17-,18+,20-,21?,24-,26+/m1/s1. The molecule has 2 unspecified atom stereocenters. The van der Waals surface area contributed by atoms with E-state index in [2.05, 4.69) is 62.3 Å². The SMILES string of the molecule is C=C(C)[C@@H]1CC[C@](C)(S[PH](=S)OC[C@H]2O[C@@H](n3cnc4c(O)ncnc43)[C@H](O)C2O[Si](C)(C)C(C)(C)C)[C@@H](O)C1. The first-order chi connectivity index (χ1) is 18.5. The van der Waals surface area contributed by atoms with Crippen molar-refractivity contribution < 1.29 is 29.0 Å². The van der Waals surface area contributed by atoms with Gasteiger partial charge >= 0.3 is 0 Å². The number of hydrogen-bond acceptors (Lipinski definition) is 11. The number of imidazole rings is 1. The average Bonchev–Trinajstić information content (AvgIpc) is 3.40. The van der Waals surface area contributed by atoms with Gasteiger partial charge in [-0.15, -0.1) is 0 Å². The van der Waals surface area contributed by atoms with Crippen LogP contribution in [-0.4, -0.2) is 78.9 Å². The number of fused-ring (bicyclic) bond motifs is 1. The molecular formula is C26H43N4O6PS2Si. The number of aromatic nitrogens is 4. The van der Waals surface area contributed by atoms with E-state index in [0.717, 1.165) is 18.4 Å². The summed E-state index contributed by atoms with van der Waals surface area (Å²) in [5.74, 6) is 0.0870. The lowest BCUT2D eigenvalue weighted by Gasteiger charge is -2.41. The molecule has 10 nitrogen and oxygen atoms in total. The lowest BCUT2D eigenvalue weighted by atomic mass is 9.77. The molecule has 2 aromatic heterocycles. The van der Waals surface area contributed by atoms with Crippen LogP contribution in [0.15, 0.2) is 24.8 Å². The zero-order valence-corrected chi connectivity index (χ0v) is 28.0. The van der Waals surface area contributed by atoms with Crippen LogP contribution in [0.5, 0.6) is 5.88 Å². The summed E-state index contributed by atoms with van der Waals surface area (Å²) >= 11 is 7.34. The van der Waals surface area contributed by atoms with Crippen LogP contribution < -0.4 is 0 Å². The minimum atomic E-state index is -2.31. The third-order valence-corrected chi connectivity index (χ3v) is 18.1. The fourth-order valence-corrected chi connectivity index (χ4v) is 11.6. The van der Waals surface area contributed by atoms with Crippen LogP contribution >= 0.6 is 17.5 Å². The van der Waals surface area contributed by atoms with Crippen LogP contribution in [0.4, 0.5) is 0 Å². The highest BCUT2D eigenvalue weighted by molar-refractivity contribution is 8.63. The van der Waals surface area contributed by atoms with Gasteiger partial charge in [-0.3, -0.25) is 4.57 Å². The van der Waals surface area contributed by atoms with Gasteiger partial charge in [-0.2, -0.15) is 4.98 Å². The van der Waals surface area contributed by atoms with E-state index in [1.165, 1.54) is 12.7 Å². The summed E-state index contributed by atoms with van der Waals surface area (Å²) in [5.41, 5.74) is 1.68. The van der Waals surface area contributed by atoms with Crippen LogP contribution in [-0.2, 0) is 25.5 Å². The molecule has 1 aliphatic heterocycles. The second-order valence-electron chi connectivity index (χ2n) is 12.7. The molecule has 40 heavy (non-hydrogen) atoms. The van der Waals surface area contributed by atoms with E-state index >= 15 is 0 Å². The zero-order valence-electron chi connectivity index (χ0n) is 24.3. The fourth-order valence-electron chi connectivity index (χ4n) is 4.97. The average molecular weight is 631 g/mol. The molecule has 224 valence electrons. The van der Waals surface area contributed by atoms with Crippen molar-refractivity contribution in [3.8, 4) is 5.88 Å². The van der Waals surface area contributed by atoms with Crippen molar-refractivity contribution in [2.24, 2.45) is 5.92 Å². The van der Waals surface area contributed by atoms with Crippen LogP contribution in [0.3, 0.4) is 0 Å². The van der Waals surface area contributed by atoms with E-state index < -0.39 is 45.1 Å². The molecule has 0 aromatic carbocycles. The van der Waals surface area contributed by atoms with Gasteiger partial charge in [0.25, 0.3) is 0 Å². The quantitative estimate of drug-likeness (QED) is 0.198. The third kappa shape index (κ3) is 6.52. The maximum absolute atomic E-state index is 11.5. The normalized spacial score (nSPS) is 32.4. The van der Waals surface area contributed by atoms with Gasteiger partial charge in [0.1, 0.15) is 30.8 Å². The van der Waals surface area contributed by atoms with Gasteiger partial charge in [-0.25, -0.2) is 9.97 Å². The highest BCUT2D eigenvalue weighted by Gasteiger charge is 2.51. The number of allylic oxidation sites excluding steroid dienone is 1. The molecule has 0 spiro atoms. The number of aliphatic hydroxyl groups excluding tert-OH is 2. The summed E-state index contributed by atoms with van der Waals surface area (Å²) in [6, 6.07) is 0. The number of ether oxygens (including phenoxy) is 1. The Morgan fingerprint density at radius 1 is 1.32 bits per heavy atom. The Bertz CT molecular complexity index is 1260. The molecule has 2 aliphatic rings. The summed E-state index contributed by atoms with van der Waals surface area (Å²) in [6.45, 7) is 19.0. The summed E-state index contributed by atoms with van der Waals surface area (Å²) in [4.78, 5) is 12.3. The maximum atomic E-state index is 11.5. The van der Waals surface area contributed by atoms with Crippen LogP contribution in [0.25, 0.3) is 11.2 Å². The molecule has 4 rings (SSSR count). The minimum absolute atomic E-state index is 0.0902. The molecule has 0 radical (unpaired) electrons. The number of aromatic hydroxyl groups is 1. The van der Waals surface area contributed by atoms with E-state index in [1.807, 2.05) is 6.92 Å². The molecule has 3 N–H and O–H groups in total. The van der Waals surface area contributed by atoms with Crippen molar-refractivity contribution in [3.05, 3.63) is 24.8 Å². The number of nitrogens with zero attached hydrogens (tertiary/aromatic N) is 4. The molecule has 3 heterocycles. The Morgan fingerprint density at radius 2 is 2.02 bits per heavy atom. The van der Waals surface area contributed by atoms with Gasteiger partial charge in [0.2, 0.25) is 5.88 Å². The smallest absolute Gasteiger partial charge is 0.242 e. The number of aliphatic hydroxyl groups is 2. The first-order valence-corrected chi connectivity index (χ1v) is 20.6. The van der Waals surface area contributed by atoms with Crippen LogP contribution in [0, 0.1) is 5.92 Å². The van der Waals surface area contributed by atoms with Gasteiger partial charge in [0.05, 0.1) is 19.0 Å². The van der Waals surface area contributed by atoms with Gasteiger partial charge < -0.3 is 29.0 Å². The summed E-state index contributed by atoms with van der Waals surface area (Å²) in [5, 5.41) is 32.5. The summed E-state index contributed by atoms with van der Waals surface area (Å²) in [7, 11) is -2.31. The molecule has 8 atom stereocenters. The molecule has 1 aliphatic carbocycles. The van der Waals surface area contributed by atoms with Gasteiger partial charge in [-0.05, 0) is 57.2 Å². The highest BCUT2D eigenvalue weighted by atomic mass is 32.9. The fraction of sp³-hybridized carbons (Fsp3) is 0.731. The Hall–Kier alpha value is -0.893. The van der Waals surface area contributed by atoms with Crippen molar-refractivity contribution in [3.63, 3.8) is 0 Å². The van der Waals surface area contributed by atoms with Crippen molar-refractivity contribution in [1.29, 1.82) is 0 Å². The van der Waals surface area contributed by atoms with Crippen LogP contribution in [0.1, 0.15) is 60.1 Å². The molecular weight excluding hydrogens is 588 g/mol. The molecule has 14 heteroatoms. The maximum Gasteiger partial charge on any atom is 0.242 e. The van der Waals surface area contributed by atoms with Gasteiger partial charge in [0, 0.05) is 4.75 Å². The molecule has 1 saturated heterocycles. The Balaban J connectivity index is 1.51. The first-order valence-electron chi connectivity index (χ1n) is 13.6. The molecule has 0 amide bonds. The van der Waals surface area contributed by atoms with Crippen molar-refractivity contribution in [2.75, 3.05) is 6.61 Å². The predicted molar refractivity (Wildman–Crippen MR) is 165 cm³/mol. The highest BCUT2D eigenvalue weighted by Crippen LogP contribution is 2.55. The van der Waals surface area contributed by atoms with Gasteiger partial charge in [0.15, 0.2) is 25.7 Å². The topological polar surface area (TPSA) is 132 Å². The predicted octanol–water partition coefficient (Wildman–Crippen LogP) is 4.93. The molecule has 2 aromatic rings. The van der Waals surface area contributed by atoms with E-state index in [-0.39, 0.29) is 27.8 Å². The third-order valence-electron chi connectivity index (χ3n) is 8.74. The lowest BCUT2D eigenvalue weighted by Crippen LogP contribution is -2.49. The monoisotopic (exact) mass is 630 g/mol. The second-order valence-corrected chi connectivity index (χ2v) is 23.0. The second kappa shape index (κ2) is 12.0. The lowest BCUT2D eigenvalue weighted by molar-refractivity contribution is -0.0455. The van der Waals surface area contributed by atoms with E-state index in [9.17, 15) is 15.3 Å². The van der Waals surface area contributed by atoms with E-state index in [4.69, 9.17) is 25.5 Å². The Morgan fingerprint density at radius 3 is 2.65 bits per heavy atom. The molecule has 2 fully saturated rings. The first kappa shape index (κ1) is 32.0. The van der Waals surface area contributed by atoms with Crippen molar-refractivity contribution in [1.82, 2.24) is 19.5 Å². The molecule has 0 bridgehead atoms. The zero-order chi connectivity index (χ0) is 29.6. The largest absolute Gasteiger partial charge is 0.492 e. The van der Waals surface area contributed by atoms with Crippen molar-refractivity contribution in [2.45, 2.75) is 107 Å². The van der Waals surface area contributed by atoms with Crippen molar-refractivity contribution >= 4 is 48.8 Å². The van der Waals surface area contributed by atoms with E-state index in [0.29, 0.717) is 18.0 Å². The molecule has 1 saturated carbocycles. The minimum Gasteiger partial charge on any atom is -0.492 e. The number of hydrogen-bond donors (Lipinski definition) is 3. The van der Waals surface area contributed by atoms with Gasteiger partial charge in [-0.1, -0.05) is 56.1 Å². The van der Waals surface area contributed by atoms with E-state index in [1.54, 1.807) is 15.9 Å². The Labute approximate surface area is 247 Å². The summed E-state index contributed by atoms with van der Waals surface area (Å²) < 4.78 is 20.5. The summed E-state index contributed by atoms with van der Waals surface area (Å²) in [6.07, 6.45) is -0.223. The van der Waals surface area contributed by atoms with Crippen LogP contribution in [0.2, 0.25) is 18.1 Å². The number of rotatable bonds is 9.